The number of rotatable bonds is 3. The zero-order valence-corrected chi connectivity index (χ0v) is 14.2. The van der Waals surface area contributed by atoms with Gasteiger partial charge in [-0.3, -0.25) is 4.98 Å². The van der Waals surface area contributed by atoms with Crippen molar-refractivity contribution in [3.63, 3.8) is 0 Å². The summed E-state index contributed by atoms with van der Waals surface area (Å²) >= 11 is 1.56. The fourth-order valence-corrected chi connectivity index (χ4v) is 4.64. The summed E-state index contributed by atoms with van der Waals surface area (Å²) in [6, 6.07) is 8.56. The molecule has 1 aromatic heterocycles. The highest BCUT2D eigenvalue weighted by Crippen LogP contribution is 2.52. The average molecular weight is 337 g/mol. The van der Waals surface area contributed by atoms with Crippen LogP contribution in [0.2, 0.25) is 0 Å². The second-order valence-corrected chi connectivity index (χ2v) is 7.11. The number of dihydropyridines is 1. The van der Waals surface area contributed by atoms with Crippen LogP contribution in [-0.4, -0.2) is 4.98 Å². The molecule has 0 radical (unpaired) electrons. The zero-order valence-electron chi connectivity index (χ0n) is 13.4. The Kier molecular flexibility index (Phi) is 4.78. The third kappa shape index (κ3) is 2.86. The Hall–Kier alpha value is -2.44. The van der Waals surface area contributed by atoms with E-state index in [1.807, 2.05) is 12.1 Å². The highest BCUT2D eigenvalue weighted by molar-refractivity contribution is 8.02. The number of aromatic nitrogens is 1. The van der Waals surface area contributed by atoms with Gasteiger partial charge < -0.3 is 11.1 Å². The molecule has 1 aliphatic carbocycles. The van der Waals surface area contributed by atoms with Crippen LogP contribution >= 0.6 is 11.8 Å². The molecule has 2 heterocycles. The summed E-state index contributed by atoms with van der Waals surface area (Å²) in [5.74, 6) is 1.12. The highest BCUT2D eigenvalue weighted by Gasteiger charge is 2.45. The molecule has 0 unspecified atom stereocenters. The highest BCUT2D eigenvalue weighted by atomic mass is 32.2. The largest absolute Gasteiger partial charge is 0.384 e. The summed E-state index contributed by atoms with van der Waals surface area (Å²) in [7, 11) is 0. The molecular formula is C18H19N5S. The van der Waals surface area contributed by atoms with Gasteiger partial charge in [-0.2, -0.15) is 10.5 Å². The first kappa shape index (κ1) is 16.4. The number of allylic oxidation sites excluding steroid dienone is 2. The van der Waals surface area contributed by atoms with Crippen molar-refractivity contribution in [3.05, 3.63) is 52.1 Å². The molecular weight excluding hydrogens is 318 g/mol. The molecule has 1 fully saturated rings. The molecule has 0 aromatic carbocycles. The Balaban J connectivity index is 1.95. The summed E-state index contributed by atoms with van der Waals surface area (Å²) in [4.78, 5) is 4.02. The normalized spacial score (nSPS) is 19.6. The minimum absolute atomic E-state index is 0.399. The molecule has 5 nitrogen and oxygen atoms in total. The van der Waals surface area contributed by atoms with E-state index in [2.05, 4.69) is 22.4 Å². The van der Waals surface area contributed by atoms with Crippen molar-refractivity contribution in [2.75, 3.05) is 0 Å². The number of pyridine rings is 1. The first-order chi connectivity index (χ1) is 11.7. The summed E-state index contributed by atoms with van der Waals surface area (Å²) in [6.45, 7) is 0. The van der Waals surface area contributed by atoms with E-state index < -0.39 is 5.41 Å². The lowest BCUT2D eigenvalue weighted by Gasteiger charge is -2.40. The van der Waals surface area contributed by atoms with Gasteiger partial charge in [0, 0.05) is 23.6 Å². The first-order valence-corrected chi connectivity index (χ1v) is 9.04. The number of hydrogen-bond acceptors (Lipinski definition) is 6. The molecule has 122 valence electrons. The van der Waals surface area contributed by atoms with E-state index in [4.69, 9.17) is 5.73 Å². The van der Waals surface area contributed by atoms with E-state index in [9.17, 15) is 10.5 Å². The van der Waals surface area contributed by atoms with E-state index >= 15 is 0 Å². The summed E-state index contributed by atoms with van der Waals surface area (Å²) in [5.41, 5.74) is 7.99. The van der Waals surface area contributed by atoms with Gasteiger partial charge in [-0.25, -0.2) is 0 Å². The van der Waals surface area contributed by atoms with E-state index in [-0.39, 0.29) is 0 Å². The molecule has 0 saturated heterocycles. The van der Waals surface area contributed by atoms with Crippen LogP contribution < -0.4 is 11.1 Å². The fraction of sp³-hybridized carbons (Fsp3) is 0.389. The van der Waals surface area contributed by atoms with E-state index in [1.54, 1.807) is 24.2 Å². The third-order valence-electron chi connectivity index (χ3n) is 4.76. The second-order valence-electron chi connectivity index (χ2n) is 6.13. The van der Waals surface area contributed by atoms with Crippen molar-refractivity contribution in [1.29, 1.82) is 10.5 Å². The van der Waals surface area contributed by atoms with Crippen LogP contribution in [0.5, 0.6) is 0 Å². The van der Waals surface area contributed by atoms with Gasteiger partial charge >= 0.3 is 0 Å². The van der Waals surface area contributed by atoms with Crippen molar-refractivity contribution in [2.45, 2.75) is 37.9 Å². The van der Waals surface area contributed by atoms with Crippen molar-refractivity contribution in [2.24, 2.45) is 11.1 Å². The SMILES string of the molecule is N#CC1=C(N)NC(SCc2ccncc2)=C(C#N)C12CCCCC2. The van der Waals surface area contributed by atoms with Crippen LogP contribution in [0.3, 0.4) is 0 Å². The minimum atomic E-state index is -0.502. The minimum Gasteiger partial charge on any atom is -0.384 e. The van der Waals surface area contributed by atoms with Gasteiger partial charge in [0.1, 0.15) is 5.82 Å². The van der Waals surface area contributed by atoms with Crippen LogP contribution in [0.1, 0.15) is 37.7 Å². The van der Waals surface area contributed by atoms with Crippen molar-refractivity contribution in [1.82, 2.24) is 10.3 Å². The number of nitrogens with one attached hydrogen (secondary N) is 1. The van der Waals surface area contributed by atoms with Gasteiger partial charge in [0.25, 0.3) is 0 Å². The van der Waals surface area contributed by atoms with Gasteiger partial charge in [0.05, 0.1) is 28.3 Å². The van der Waals surface area contributed by atoms with Gasteiger partial charge in [-0.05, 0) is 30.5 Å². The molecule has 1 aromatic rings. The molecule has 6 heteroatoms. The number of nitrogens with zero attached hydrogens (tertiary/aromatic N) is 3. The summed E-state index contributed by atoms with van der Waals surface area (Å²) in [5, 5.41) is 23.3. The summed E-state index contributed by atoms with van der Waals surface area (Å²) < 4.78 is 0. The molecule has 3 N–H and O–H groups in total. The van der Waals surface area contributed by atoms with Gasteiger partial charge in [0.15, 0.2) is 0 Å². The number of thioether (sulfide) groups is 1. The lowest BCUT2D eigenvalue weighted by atomic mass is 9.64. The molecule has 2 aliphatic rings. The maximum Gasteiger partial charge on any atom is 0.116 e. The predicted octanol–water partition coefficient (Wildman–Crippen LogP) is 3.30. The Labute approximate surface area is 146 Å². The lowest BCUT2D eigenvalue weighted by Crippen LogP contribution is -2.39. The molecule has 1 aliphatic heterocycles. The molecule has 24 heavy (non-hydrogen) atoms. The Morgan fingerprint density at radius 3 is 2.42 bits per heavy atom. The topological polar surface area (TPSA) is 98.5 Å². The number of hydrogen-bond donors (Lipinski definition) is 2. The Bertz CT molecular complexity index is 761. The molecule has 0 amide bonds. The maximum absolute atomic E-state index is 9.83. The molecule has 0 bridgehead atoms. The quantitative estimate of drug-likeness (QED) is 0.878. The van der Waals surface area contributed by atoms with Gasteiger partial charge in [-0.15, -0.1) is 11.8 Å². The van der Waals surface area contributed by atoms with Crippen molar-refractivity contribution in [3.8, 4) is 12.1 Å². The standard InChI is InChI=1S/C18H19N5S/c19-10-14-16(21)23-17(24-12-13-4-8-22-9-5-13)15(11-20)18(14)6-2-1-3-7-18/h4-5,8-9,23H,1-3,6-7,12,21H2. The van der Waals surface area contributed by atoms with Crippen molar-refractivity contribution >= 4 is 11.8 Å². The van der Waals surface area contributed by atoms with E-state index in [0.29, 0.717) is 17.0 Å². The summed E-state index contributed by atoms with van der Waals surface area (Å²) in [6.07, 6.45) is 8.34. The monoisotopic (exact) mass is 337 g/mol. The Morgan fingerprint density at radius 1 is 1.12 bits per heavy atom. The predicted molar refractivity (Wildman–Crippen MR) is 93.7 cm³/mol. The third-order valence-corrected chi connectivity index (χ3v) is 5.84. The molecule has 1 saturated carbocycles. The lowest BCUT2D eigenvalue weighted by molar-refractivity contribution is 0.294. The molecule has 1 spiro atoms. The maximum atomic E-state index is 9.83. The Morgan fingerprint density at radius 2 is 1.79 bits per heavy atom. The van der Waals surface area contributed by atoms with Crippen LogP contribution in [0, 0.1) is 28.1 Å². The molecule has 3 rings (SSSR count). The van der Waals surface area contributed by atoms with Gasteiger partial charge in [0.2, 0.25) is 0 Å². The number of nitriles is 2. The molecule has 0 atom stereocenters. The van der Waals surface area contributed by atoms with Crippen LogP contribution in [0.4, 0.5) is 0 Å². The van der Waals surface area contributed by atoms with Gasteiger partial charge in [-0.1, -0.05) is 19.3 Å². The second kappa shape index (κ2) is 6.98. The van der Waals surface area contributed by atoms with Crippen LogP contribution in [0.15, 0.2) is 46.5 Å². The van der Waals surface area contributed by atoms with E-state index in [0.717, 1.165) is 48.4 Å². The average Bonchev–Trinajstić information content (AvgIpc) is 2.62. The first-order valence-electron chi connectivity index (χ1n) is 8.05. The number of nitrogens with two attached hydrogens (primary N) is 1. The fourth-order valence-electron chi connectivity index (χ4n) is 3.57. The zero-order chi connectivity index (χ0) is 17.0. The smallest absolute Gasteiger partial charge is 0.116 e. The van der Waals surface area contributed by atoms with Crippen LogP contribution in [-0.2, 0) is 5.75 Å². The van der Waals surface area contributed by atoms with Crippen molar-refractivity contribution < 1.29 is 0 Å². The van der Waals surface area contributed by atoms with E-state index in [1.165, 1.54) is 0 Å². The van der Waals surface area contributed by atoms with Crippen LogP contribution in [0.25, 0.3) is 0 Å².